The van der Waals surface area contributed by atoms with Crippen molar-refractivity contribution in [2.75, 3.05) is 36.9 Å². The molecule has 18 heavy (non-hydrogen) atoms. The van der Waals surface area contributed by atoms with Gasteiger partial charge in [-0.3, -0.25) is 0 Å². The molecule has 1 aromatic rings. The van der Waals surface area contributed by atoms with Gasteiger partial charge in [0.25, 0.3) is 0 Å². The summed E-state index contributed by atoms with van der Waals surface area (Å²) < 4.78 is 0. The first kappa shape index (κ1) is 14.7. The minimum Gasteiger partial charge on any atom is -0.395 e. The Bertz CT molecular complexity index is 390. The molecule has 0 fully saturated rings. The van der Waals surface area contributed by atoms with Crippen molar-refractivity contribution >= 4 is 11.6 Å². The fourth-order valence-corrected chi connectivity index (χ4v) is 1.67. The zero-order valence-electron chi connectivity index (χ0n) is 11.2. The van der Waals surface area contributed by atoms with Crippen LogP contribution in [0.25, 0.3) is 0 Å². The Labute approximate surface area is 107 Å². The lowest BCUT2D eigenvalue weighted by molar-refractivity contribution is 0.280. The molecule has 102 valence electrons. The summed E-state index contributed by atoms with van der Waals surface area (Å²) >= 11 is 0. The van der Waals surface area contributed by atoms with Crippen LogP contribution in [0.3, 0.4) is 0 Å². The fraction of sp³-hybridized carbons (Fsp3) is 0.667. The Hall–Kier alpha value is -1.40. The molecule has 0 amide bonds. The summed E-state index contributed by atoms with van der Waals surface area (Å²) in [6.45, 7) is 6.66. The van der Waals surface area contributed by atoms with Crippen LogP contribution in [-0.4, -0.2) is 46.5 Å². The molecule has 4 N–H and O–H groups in total. The van der Waals surface area contributed by atoms with Gasteiger partial charge < -0.3 is 20.8 Å². The van der Waals surface area contributed by atoms with E-state index in [4.69, 9.17) is 15.9 Å². The van der Waals surface area contributed by atoms with Crippen LogP contribution in [0.1, 0.15) is 31.2 Å². The van der Waals surface area contributed by atoms with E-state index in [0.717, 1.165) is 5.56 Å². The third-order valence-corrected chi connectivity index (χ3v) is 2.73. The summed E-state index contributed by atoms with van der Waals surface area (Å²) in [6.07, 6.45) is 0. The molecular formula is C12H22N4O2. The van der Waals surface area contributed by atoms with Crippen LogP contribution >= 0.6 is 0 Å². The second kappa shape index (κ2) is 6.51. The van der Waals surface area contributed by atoms with Gasteiger partial charge in [-0.1, -0.05) is 13.8 Å². The van der Waals surface area contributed by atoms with Crippen LogP contribution < -0.4 is 10.6 Å². The summed E-state index contributed by atoms with van der Waals surface area (Å²) in [6, 6.07) is 0. The highest BCUT2D eigenvalue weighted by atomic mass is 16.3. The zero-order chi connectivity index (χ0) is 13.7. The lowest BCUT2D eigenvalue weighted by atomic mass is 10.2. The van der Waals surface area contributed by atoms with Gasteiger partial charge in [-0.15, -0.1) is 0 Å². The normalized spacial score (nSPS) is 11.0. The molecule has 0 unspecified atom stereocenters. The van der Waals surface area contributed by atoms with Crippen molar-refractivity contribution in [3.8, 4) is 0 Å². The fourth-order valence-electron chi connectivity index (χ4n) is 1.67. The molecule has 0 spiro atoms. The second-order valence-corrected chi connectivity index (χ2v) is 4.50. The van der Waals surface area contributed by atoms with Gasteiger partial charge >= 0.3 is 0 Å². The van der Waals surface area contributed by atoms with Gasteiger partial charge in [0.05, 0.1) is 13.2 Å². The number of nitrogen functional groups attached to an aromatic ring is 1. The number of hydrogen-bond acceptors (Lipinski definition) is 6. The lowest BCUT2D eigenvalue weighted by Crippen LogP contribution is -2.32. The van der Waals surface area contributed by atoms with E-state index in [2.05, 4.69) is 9.97 Å². The number of aliphatic hydroxyl groups excluding tert-OH is 2. The van der Waals surface area contributed by atoms with Crippen molar-refractivity contribution in [1.82, 2.24) is 9.97 Å². The summed E-state index contributed by atoms with van der Waals surface area (Å²) in [5.74, 6) is 1.99. The van der Waals surface area contributed by atoms with Gasteiger partial charge in [0.15, 0.2) is 0 Å². The van der Waals surface area contributed by atoms with Gasteiger partial charge in [-0.25, -0.2) is 9.97 Å². The molecule has 1 heterocycles. The van der Waals surface area contributed by atoms with E-state index in [-0.39, 0.29) is 19.1 Å². The average molecular weight is 254 g/mol. The molecule has 0 aliphatic carbocycles. The molecule has 6 heteroatoms. The number of aliphatic hydroxyl groups is 2. The highest BCUT2D eigenvalue weighted by Crippen LogP contribution is 2.23. The van der Waals surface area contributed by atoms with Gasteiger partial charge in [-0.05, 0) is 6.92 Å². The molecule has 0 aliphatic heterocycles. The lowest BCUT2D eigenvalue weighted by Gasteiger charge is -2.24. The summed E-state index contributed by atoms with van der Waals surface area (Å²) in [4.78, 5) is 10.6. The molecular weight excluding hydrogens is 232 g/mol. The second-order valence-electron chi connectivity index (χ2n) is 4.50. The molecule has 0 radical (unpaired) electrons. The third-order valence-electron chi connectivity index (χ3n) is 2.73. The minimum atomic E-state index is 0.000357. The van der Waals surface area contributed by atoms with Crippen LogP contribution in [0.5, 0.6) is 0 Å². The SMILES string of the molecule is Cc1c(N)nc(C(C)C)nc1N(CCO)CCO. The van der Waals surface area contributed by atoms with Crippen LogP contribution in [0, 0.1) is 6.92 Å². The van der Waals surface area contributed by atoms with Gasteiger partial charge in [-0.2, -0.15) is 0 Å². The van der Waals surface area contributed by atoms with E-state index in [9.17, 15) is 0 Å². The standard InChI is InChI=1S/C12H22N4O2/c1-8(2)11-14-10(13)9(3)12(15-11)16(4-6-17)5-7-18/h8,17-18H,4-7H2,1-3H3,(H2,13,14,15). The monoisotopic (exact) mass is 254 g/mol. The maximum atomic E-state index is 9.07. The van der Waals surface area contributed by atoms with Crippen molar-refractivity contribution in [2.45, 2.75) is 26.7 Å². The highest BCUT2D eigenvalue weighted by molar-refractivity contribution is 5.56. The van der Waals surface area contributed by atoms with Crippen LogP contribution in [-0.2, 0) is 0 Å². The Morgan fingerprint density at radius 2 is 1.72 bits per heavy atom. The topological polar surface area (TPSA) is 95.5 Å². The Morgan fingerprint density at radius 1 is 1.17 bits per heavy atom. The molecule has 0 saturated heterocycles. The Morgan fingerprint density at radius 3 is 2.17 bits per heavy atom. The molecule has 0 saturated carbocycles. The van der Waals surface area contributed by atoms with E-state index in [1.807, 2.05) is 25.7 Å². The molecule has 0 bridgehead atoms. The number of rotatable bonds is 6. The third kappa shape index (κ3) is 3.30. The first-order valence-electron chi connectivity index (χ1n) is 6.11. The molecule has 0 aromatic carbocycles. The number of nitrogens with zero attached hydrogens (tertiary/aromatic N) is 3. The molecule has 1 aromatic heterocycles. The minimum absolute atomic E-state index is 0.000357. The molecule has 0 atom stereocenters. The predicted octanol–water partition coefficient (Wildman–Crippen LogP) is 0.282. The summed E-state index contributed by atoms with van der Waals surface area (Å²) in [7, 11) is 0. The van der Waals surface area contributed by atoms with E-state index >= 15 is 0 Å². The van der Waals surface area contributed by atoms with Crippen molar-refractivity contribution in [3.63, 3.8) is 0 Å². The summed E-state index contributed by atoms with van der Waals surface area (Å²) in [5.41, 5.74) is 6.67. The number of aromatic nitrogens is 2. The highest BCUT2D eigenvalue weighted by Gasteiger charge is 2.16. The van der Waals surface area contributed by atoms with Crippen molar-refractivity contribution < 1.29 is 10.2 Å². The zero-order valence-corrected chi connectivity index (χ0v) is 11.2. The number of nitrogens with two attached hydrogens (primary N) is 1. The number of anilines is 2. The van der Waals surface area contributed by atoms with Crippen LogP contribution in [0.4, 0.5) is 11.6 Å². The Kier molecular flexibility index (Phi) is 5.30. The van der Waals surface area contributed by atoms with Gasteiger partial charge in [0.1, 0.15) is 17.5 Å². The number of hydrogen-bond donors (Lipinski definition) is 3. The van der Waals surface area contributed by atoms with Crippen molar-refractivity contribution in [2.24, 2.45) is 0 Å². The smallest absolute Gasteiger partial charge is 0.137 e. The molecule has 6 nitrogen and oxygen atoms in total. The average Bonchev–Trinajstić information content (AvgIpc) is 2.32. The van der Waals surface area contributed by atoms with E-state index in [1.54, 1.807) is 0 Å². The van der Waals surface area contributed by atoms with Crippen molar-refractivity contribution in [1.29, 1.82) is 0 Å². The first-order chi connectivity index (χ1) is 8.51. The molecule has 0 aliphatic rings. The Balaban J connectivity index is 3.18. The quantitative estimate of drug-likeness (QED) is 0.675. The van der Waals surface area contributed by atoms with Crippen LogP contribution in [0.2, 0.25) is 0 Å². The van der Waals surface area contributed by atoms with Gasteiger partial charge in [0.2, 0.25) is 0 Å². The van der Waals surface area contributed by atoms with E-state index in [0.29, 0.717) is 30.5 Å². The largest absolute Gasteiger partial charge is 0.395 e. The van der Waals surface area contributed by atoms with Crippen molar-refractivity contribution in [3.05, 3.63) is 11.4 Å². The predicted molar refractivity (Wildman–Crippen MR) is 71.7 cm³/mol. The maximum Gasteiger partial charge on any atom is 0.137 e. The van der Waals surface area contributed by atoms with E-state index < -0.39 is 0 Å². The van der Waals surface area contributed by atoms with Crippen LogP contribution in [0.15, 0.2) is 0 Å². The van der Waals surface area contributed by atoms with E-state index in [1.165, 1.54) is 0 Å². The summed E-state index contributed by atoms with van der Waals surface area (Å²) in [5, 5.41) is 18.1. The maximum absolute atomic E-state index is 9.07. The first-order valence-corrected chi connectivity index (χ1v) is 6.11. The molecule has 1 rings (SSSR count). The van der Waals surface area contributed by atoms with Gasteiger partial charge in [0, 0.05) is 24.6 Å².